The van der Waals surface area contributed by atoms with Gasteiger partial charge in [-0.3, -0.25) is 0 Å². The summed E-state index contributed by atoms with van der Waals surface area (Å²) in [7, 11) is 0. The predicted molar refractivity (Wildman–Crippen MR) is 98.9 cm³/mol. The normalized spacial score (nSPS) is 10.3. The largest absolute Gasteiger partial charge is 0.358 e. The molecule has 0 unspecified atom stereocenters. The van der Waals surface area contributed by atoms with Crippen LogP contribution in [0.2, 0.25) is 5.02 Å². The van der Waals surface area contributed by atoms with Crippen molar-refractivity contribution in [1.29, 1.82) is 0 Å². The van der Waals surface area contributed by atoms with Crippen LogP contribution in [0.4, 0.5) is 5.82 Å². The third kappa shape index (κ3) is 4.39. The fraction of sp³-hybridized carbons (Fsp3) is 0.143. The molecular weight excluding hydrogens is 438 g/mol. The molecule has 0 aliphatic rings. The molecule has 0 spiro atoms. The van der Waals surface area contributed by atoms with Gasteiger partial charge in [-0.05, 0) is 68.2 Å². The zero-order valence-corrected chi connectivity index (χ0v) is 15.8. The van der Waals surface area contributed by atoms with Gasteiger partial charge in [0, 0.05) is 22.2 Å². The Bertz CT molecular complexity index is 679. The summed E-state index contributed by atoms with van der Waals surface area (Å²) in [6.07, 6.45) is 1.74. The van der Waals surface area contributed by atoms with Crippen molar-refractivity contribution in [3.63, 3.8) is 0 Å². The number of nitrogens with one attached hydrogen (secondary N) is 2. The molecule has 0 amide bonds. The number of thiocarbonyl (C=S) groups is 1. The number of aromatic nitrogens is 1. The first-order valence-corrected chi connectivity index (χ1v) is 8.45. The maximum atomic E-state index is 6.10. The maximum absolute atomic E-state index is 6.10. The minimum Gasteiger partial charge on any atom is -0.358 e. The third-order valence-corrected chi connectivity index (χ3v) is 5.22. The van der Waals surface area contributed by atoms with E-state index >= 15 is 0 Å². The first kappa shape index (κ1) is 16.7. The maximum Gasteiger partial charge on any atom is 0.172 e. The molecule has 7 heteroatoms. The smallest absolute Gasteiger partial charge is 0.172 e. The zero-order chi connectivity index (χ0) is 15.4. The van der Waals surface area contributed by atoms with Crippen LogP contribution in [0, 0.1) is 6.92 Å². The second kappa shape index (κ2) is 7.54. The van der Waals surface area contributed by atoms with Gasteiger partial charge in [0.05, 0.1) is 4.47 Å². The fourth-order valence-electron chi connectivity index (χ4n) is 1.61. The van der Waals surface area contributed by atoms with Gasteiger partial charge in [-0.15, -0.1) is 0 Å². The van der Waals surface area contributed by atoms with Crippen molar-refractivity contribution in [3.05, 3.63) is 55.6 Å². The van der Waals surface area contributed by atoms with Crippen LogP contribution in [0.3, 0.4) is 0 Å². The first-order valence-electron chi connectivity index (χ1n) is 6.08. The van der Waals surface area contributed by atoms with Crippen LogP contribution < -0.4 is 10.6 Å². The van der Waals surface area contributed by atoms with Gasteiger partial charge in [-0.2, -0.15) is 0 Å². The van der Waals surface area contributed by atoms with Crippen LogP contribution in [0.25, 0.3) is 0 Å². The minimum atomic E-state index is 0.491. The number of halogens is 3. The van der Waals surface area contributed by atoms with Crippen molar-refractivity contribution >= 4 is 66.6 Å². The Morgan fingerprint density at radius 3 is 2.76 bits per heavy atom. The lowest BCUT2D eigenvalue weighted by atomic mass is 10.2. The lowest BCUT2D eigenvalue weighted by molar-refractivity contribution is 0.925. The van der Waals surface area contributed by atoms with Crippen LogP contribution in [0.5, 0.6) is 0 Å². The van der Waals surface area contributed by atoms with Gasteiger partial charge < -0.3 is 10.6 Å². The molecule has 0 saturated carbocycles. The van der Waals surface area contributed by atoms with E-state index in [1.54, 1.807) is 6.20 Å². The molecule has 21 heavy (non-hydrogen) atoms. The summed E-state index contributed by atoms with van der Waals surface area (Å²) in [4.78, 5) is 4.29. The number of benzene rings is 1. The average Bonchev–Trinajstić information content (AvgIpc) is 2.47. The summed E-state index contributed by atoms with van der Waals surface area (Å²) in [6.45, 7) is 2.54. The number of nitrogens with zero attached hydrogens (tertiary/aromatic N) is 1. The number of pyridine rings is 1. The van der Waals surface area contributed by atoms with Gasteiger partial charge >= 0.3 is 0 Å². The van der Waals surface area contributed by atoms with E-state index in [1.807, 2.05) is 31.2 Å². The molecule has 0 aliphatic carbocycles. The Kier molecular flexibility index (Phi) is 5.98. The number of anilines is 1. The Balaban J connectivity index is 2.00. The van der Waals surface area contributed by atoms with Crippen molar-refractivity contribution in [2.24, 2.45) is 0 Å². The summed E-state index contributed by atoms with van der Waals surface area (Å²) in [5, 5.41) is 7.38. The Labute approximate surface area is 150 Å². The molecule has 1 aromatic carbocycles. The van der Waals surface area contributed by atoms with Crippen LogP contribution in [0.1, 0.15) is 11.1 Å². The highest BCUT2D eigenvalue weighted by Gasteiger charge is 2.09. The summed E-state index contributed by atoms with van der Waals surface area (Å²) >= 11 is 18.3. The summed E-state index contributed by atoms with van der Waals surface area (Å²) in [5.41, 5.74) is 2.05. The second-order valence-electron chi connectivity index (χ2n) is 4.29. The lowest BCUT2D eigenvalue weighted by Gasteiger charge is -2.13. The SMILES string of the molecule is Cc1c(Br)cnc(NC(=S)NCc2ccccc2Cl)c1Br. The monoisotopic (exact) mass is 447 g/mol. The van der Waals surface area contributed by atoms with E-state index in [9.17, 15) is 0 Å². The number of rotatable bonds is 3. The standard InChI is InChI=1S/C14H12Br2ClN3S/c1-8-10(15)7-18-13(12(8)16)20-14(21)19-6-9-4-2-3-5-11(9)17/h2-5,7H,6H2,1H3,(H2,18,19,20,21). The highest BCUT2D eigenvalue weighted by atomic mass is 79.9. The van der Waals surface area contributed by atoms with E-state index in [2.05, 4.69) is 47.5 Å². The molecule has 0 saturated heterocycles. The molecule has 2 N–H and O–H groups in total. The van der Waals surface area contributed by atoms with Crippen LogP contribution in [0.15, 0.2) is 39.4 Å². The third-order valence-electron chi connectivity index (χ3n) is 2.83. The molecule has 0 atom stereocenters. The van der Waals surface area contributed by atoms with E-state index in [4.69, 9.17) is 23.8 Å². The van der Waals surface area contributed by atoms with Crippen LogP contribution in [-0.4, -0.2) is 10.1 Å². The highest BCUT2D eigenvalue weighted by Crippen LogP contribution is 2.29. The van der Waals surface area contributed by atoms with Crippen LogP contribution >= 0.6 is 55.7 Å². The number of hydrogen-bond donors (Lipinski definition) is 2. The fourth-order valence-corrected chi connectivity index (χ4v) is 2.97. The lowest BCUT2D eigenvalue weighted by Crippen LogP contribution is -2.28. The van der Waals surface area contributed by atoms with Crippen molar-refractivity contribution in [2.45, 2.75) is 13.5 Å². The minimum absolute atomic E-state index is 0.491. The Morgan fingerprint density at radius 1 is 1.33 bits per heavy atom. The number of hydrogen-bond acceptors (Lipinski definition) is 2. The van der Waals surface area contributed by atoms with E-state index in [1.165, 1.54) is 0 Å². The molecule has 110 valence electrons. The molecule has 2 rings (SSSR count). The van der Waals surface area contributed by atoms with Crippen molar-refractivity contribution in [1.82, 2.24) is 10.3 Å². The summed E-state index contributed by atoms with van der Waals surface area (Å²) in [5.74, 6) is 0.673. The first-order chi connectivity index (χ1) is 9.99. The van der Waals surface area contributed by atoms with Gasteiger partial charge in [0.25, 0.3) is 0 Å². The van der Waals surface area contributed by atoms with Gasteiger partial charge in [0.15, 0.2) is 5.11 Å². The average molecular weight is 450 g/mol. The van der Waals surface area contributed by atoms with E-state index < -0.39 is 0 Å². The van der Waals surface area contributed by atoms with Gasteiger partial charge in [0.2, 0.25) is 0 Å². The van der Waals surface area contributed by atoms with Crippen molar-refractivity contribution < 1.29 is 0 Å². The molecular formula is C14H12Br2ClN3S. The summed E-state index contributed by atoms with van der Waals surface area (Å²) < 4.78 is 1.81. The molecule has 1 heterocycles. The van der Waals surface area contributed by atoms with Gasteiger partial charge in [-0.25, -0.2) is 4.98 Å². The molecule has 2 aromatic rings. The van der Waals surface area contributed by atoms with E-state index in [0.29, 0.717) is 22.5 Å². The van der Waals surface area contributed by atoms with E-state index in [0.717, 1.165) is 20.1 Å². The predicted octanol–water partition coefficient (Wildman–Crippen LogP) is 5.06. The molecule has 3 nitrogen and oxygen atoms in total. The molecule has 0 radical (unpaired) electrons. The molecule has 0 aliphatic heterocycles. The van der Waals surface area contributed by atoms with E-state index in [-0.39, 0.29) is 0 Å². The molecule has 1 aromatic heterocycles. The van der Waals surface area contributed by atoms with Crippen molar-refractivity contribution in [3.8, 4) is 0 Å². The quantitative estimate of drug-likeness (QED) is 0.643. The summed E-state index contributed by atoms with van der Waals surface area (Å²) in [6, 6.07) is 7.64. The highest BCUT2D eigenvalue weighted by molar-refractivity contribution is 9.11. The van der Waals surface area contributed by atoms with Crippen molar-refractivity contribution in [2.75, 3.05) is 5.32 Å². The van der Waals surface area contributed by atoms with Gasteiger partial charge in [-0.1, -0.05) is 29.8 Å². The van der Waals surface area contributed by atoms with Crippen LogP contribution in [-0.2, 0) is 6.54 Å². The zero-order valence-electron chi connectivity index (χ0n) is 11.1. The topological polar surface area (TPSA) is 37.0 Å². The second-order valence-corrected chi connectivity index (χ2v) is 6.76. The Morgan fingerprint density at radius 2 is 2.05 bits per heavy atom. The van der Waals surface area contributed by atoms with Gasteiger partial charge in [0.1, 0.15) is 5.82 Å². The molecule has 0 bridgehead atoms. The Hall–Kier alpha value is -0.690. The molecule has 0 fully saturated rings.